The molecular weight excluding hydrogens is 298 g/mol. The molecule has 0 aliphatic carbocycles. The molecule has 0 saturated carbocycles. The SMILES string of the molecule is Cc1cccc(-n2ncc3ccc(-c4nccc(N)c4C)cc32)n1. The van der Waals surface area contributed by atoms with Gasteiger partial charge in [-0.2, -0.15) is 5.10 Å². The van der Waals surface area contributed by atoms with Crippen LogP contribution in [0.4, 0.5) is 5.69 Å². The van der Waals surface area contributed by atoms with Crippen molar-refractivity contribution in [1.82, 2.24) is 19.7 Å². The summed E-state index contributed by atoms with van der Waals surface area (Å²) in [5, 5.41) is 5.55. The molecule has 118 valence electrons. The molecule has 0 radical (unpaired) electrons. The van der Waals surface area contributed by atoms with Crippen LogP contribution in [0.25, 0.3) is 28.0 Å². The van der Waals surface area contributed by atoms with E-state index >= 15 is 0 Å². The van der Waals surface area contributed by atoms with Gasteiger partial charge in [0.15, 0.2) is 5.82 Å². The molecule has 4 rings (SSSR count). The lowest BCUT2D eigenvalue weighted by atomic mass is 10.0. The Bertz CT molecular complexity index is 1050. The van der Waals surface area contributed by atoms with E-state index < -0.39 is 0 Å². The molecule has 0 bridgehead atoms. The maximum absolute atomic E-state index is 6.02. The lowest BCUT2D eigenvalue weighted by molar-refractivity contribution is 0.867. The molecule has 0 saturated heterocycles. The van der Waals surface area contributed by atoms with Gasteiger partial charge in [0.1, 0.15) is 0 Å². The Kier molecular flexibility index (Phi) is 3.27. The van der Waals surface area contributed by atoms with Crippen molar-refractivity contribution in [3.05, 3.63) is 66.1 Å². The Morgan fingerprint density at radius 1 is 1.04 bits per heavy atom. The number of aromatic nitrogens is 4. The summed E-state index contributed by atoms with van der Waals surface area (Å²) in [6.45, 7) is 3.96. The summed E-state index contributed by atoms with van der Waals surface area (Å²) in [5.41, 5.74) is 11.6. The van der Waals surface area contributed by atoms with Gasteiger partial charge in [0.05, 0.1) is 17.4 Å². The number of nitrogens with two attached hydrogens (primary N) is 1. The Morgan fingerprint density at radius 2 is 1.92 bits per heavy atom. The van der Waals surface area contributed by atoms with Crippen LogP contribution in [0, 0.1) is 13.8 Å². The number of nitrogen functional groups attached to an aromatic ring is 1. The molecule has 4 aromatic rings. The van der Waals surface area contributed by atoms with Crippen molar-refractivity contribution in [3.8, 4) is 17.1 Å². The second-order valence-electron chi connectivity index (χ2n) is 5.84. The first-order valence-corrected chi connectivity index (χ1v) is 7.77. The molecule has 2 N–H and O–H groups in total. The highest BCUT2D eigenvalue weighted by Gasteiger charge is 2.11. The van der Waals surface area contributed by atoms with E-state index in [4.69, 9.17) is 5.73 Å². The van der Waals surface area contributed by atoms with E-state index in [9.17, 15) is 0 Å². The van der Waals surface area contributed by atoms with E-state index in [1.165, 1.54) is 0 Å². The van der Waals surface area contributed by atoms with E-state index in [0.717, 1.165) is 44.9 Å². The van der Waals surface area contributed by atoms with Gasteiger partial charge in [-0.3, -0.25) is 4.98 Å². The number of nitrogens with zero attached hydrogens (tertiary/aromatic N) is 4. The van der Waals surface area contributed by atoms with E-state index in [-0.39, 0.29) is 0 Å². The molecule has 0 amide bonds. The Hall–Kier alpha value is -3.21. The number of fused-ring (bicyclic) bond motifs is 1. The minimum atomic E-state index is 0.744. The number of pyridine rings is 2. The summed E-state index contributed by atoms with van der Waals surface area (Å²) in [7, 11) is 0. The quantitative estimate of drug-likeness (QED) is 0.612. The molecule has 5 heteroatoms. The second kappa shape index (κ2) is 5.45. The zero-order chi connectivity index (χ0) is 16.7. The molecular formula is C19H17N5. The normalized spacial score (nSPS) is 11.1. The number of aryl methyl sites for hydroxylation is 1. The van der Waals surface area contributed by atoms with E-state index in [1.54, 1.807) is 6.20 Å². The molecule has 3 heterocycles. The summed E-state index contributed by atoms with van der Waals surface area (Å²) in [4.78, 5) is 9.06. The van der Waals surface area contributed by atoms with Gasteiger partial charge >= 0.3 is 0 Å². The topological polar surface area (TPSA) is 69.6 Å². The maximum atomic E-state index is 6.02. The Morgan fingerprint density at radius 3 is 2.75 bits per heavy atom. The summed E-state index contributed by atoms with van der Waals surface area (Å²) in [6.07, 6.45) is 3.59. The van der Waals surface area contributed by atoms with Crippen LogP contribution < -0.4 is 5.73 Å². The second-order valence-corrected chi connectivity index (χ2v) is 5.84. The molecule has 1 aromatic carbocycles. The highest BCUT2D eigenvalue weighted by Crippen LogP contribution is 2.28. The fourth-order valence-corrected chi connectivity index (χ4v) is 2.84. The van der Waals surface area contributed by atoms with Gasteiger partial charge in [-0.15, -0.1) is 0 Å². The summed E-state index contributed by atoms with van der Waals surface area (Å²) >= 11 is 0. The third-order valence-corrected chi connectivity index (χ3v) is 4.18. The van der Waals surface area contributed by atoms with Crippen molar-refractivity contribution in [3.63, 3.8) is 0 Å². The summed E-state index contributed by atoms with van der Waals surface area (Å²) in [5.74, 6) is 0.805. The van der Waals surface area contributed by atoms with Crippen LogP contribution in [-0.4, -0.2) is 19.7 Å². The minimum absolute atomic E-state index is 0.744. The standard InChI is InChI=1S/C19H17N5/c1-12-4-3-5-18(23-12)24-17-10-14(6-7-15(17)11-22-24)19-13(2)16(20)8-9-21-19/h3-11H,1-2H3,(H2,20,21). The van der Waals surface area contributed by atoms with Crippen LogP contribution in [0.15, 0.2) is 54.9 Å². The van der Waals surface area contributed by atoms with Crippen LogP contribution in [0.2, 0.25) is 0 Å². The number of rotatable bonds is 2. The molecule has 0 fully saturated rings. The molecule has 0 spiro atoms. The van der Waals surface area contributed by atoms with Crippen LogP contribution in [-0.2, 0) is 0 Å². The number of benzene rings is 1. The largest absolute Gasteiger partial charge is 0.398 e. The molecule has 0 atom stereocenters. The zero-order valence-corrected chi connectivity index (χ0v) is 13.6. The molecule has 5 nitrogen and oxygen atoms in total. The van der Waals surface area contributed by atoms with E-state index in [0.29, 0.717) is 0 Å². The molecule has 3 aromatic heterocycles. The maximum Gasteiger partial charge on any atom is 0.154 e. The lowest BCUT2D eigenvalue weighted by Crippen LogP contribution is -2.00. The van der Waals surface area contributed by atoms with Crippen molar-refractivity contribution in [1.29, 1.82) is 0 Å². The predicted molar refractivity (Wildman–Crippen MR) is 96.0 cm³/mol. The monoisotopic (exact) mass is 315 g/mol. The third-order valence-electron chi connectivity index (χ3n) is 4.18. The van der Waals surface area contributed by atoms with Gasteiger partial charge in [-0.05, 0) is 43.7 Å². The van der Waals surface area contributed by atoms with Gasteiger partial charge in [0.2, 0.25) is 0 Å². The van der Waals surface area contributed by atoms with Gasteiger partial charge in [0.25, 0.3) is 0 Å². The third kappa shape index (κ3) is 2.31. The zero-order valence-electron chi connectivity index (χ0n) is 13.6. The summed E-state index contributed by atoms with van der Waals surface area (Å²) < 4.78 is 1.85. The highest BCUT2D eigenvalue weighted by molar-refractivity contribution is 5.85. The number of anilines is 1. The van der Waals surface area contributed by atoms with Crippen molar-refractivity contribution in [2.75, 3.05) is 5.73 Å². The van der Waals surface area contributed by atoms with Crippen LogP contribution in [0.1, 0.15) is 11.3 Å². The first-order valence-electron chi connectivity index (χ1n) is 7.77. The first kappa shape index (κ1) is 14.4. The fraction of sp³-hybridized carbons (Fsp3) is 0.105. The van der Waals surface area contributed by atoms with Crippen molar-refractivity contribution in [2.24, 2.45) is 0 Å². The van der Waals surface area contributed by atoms with Gasteiger partial charge in [0, 0.05) is 28.5 Å². The fourth-order valence-electron chi connectivity index (χ4n) is 2.84. The predicted octanol–water partition coefficient (Wildman–Crippen LogP) is 3.68. The van der Waals surface area contributed by atoms with Crippen molar-refractivity contribution >= 4 is 16.6 Å². The van der Waals surface area contributed by atoms with Crippen molar-refractivity contribution in [2.45, 2.75) is 13.8 Å². The molecule has 0 aliphatic heterocycles. The van der Waals surface area contributed by atoms with Crippen LogP contribution in [0.5, 0.6) is 0 Å². The Balaban J connectivity index is 1.92. The molecule has 0 unspecified atom stereocenters. The van der Waals surface area contributed by atoms with Crippen LogP contribution in [0.3, 0.4) is 0 Å². The van der Waals surface area contributed by atoms with E-state index in [1.807, 2.05) is 61.1 Å². The van der Waals surface area contributed by atoms with Crippen LogP contribution >= 0.6 is 0 Å². The minimum Gasteiger partial charge on any atom is -0.398 e. The smallest absolute Gasteiger partial charge is 0.154 e. The molecule has 0 aliphatic rings. The van der Waals surface area contributed by atoms with Gasteiger partial charge in [-0.25, -0.2) is 9.67 Å². The summed E-state index contributed by atoms with van der Waals surface area (Å²) in [6, 6.07) is 13.9. The van der Waals surface area contributed by atoms with E-state index in [2.05, 4.69) is 21.1 Å². The van der Waals surface area contributed by atoms with Gasteiger partial charge in [-0.1, -0.05) is 18.2 Å². The van der Waals surface area contributed by atoms with Gasteiger partial charge < -0.3 is 5.73 Å². The molecule has 24 heavy (non-hydrogen) atoms. The average molecular weight is 315 g/mol. The number of hydrogen-bond acceptors (Lipinski definition) is 4. The highest BCUT2D eigenvalue weighted by atomic mass is 15.3. The average Bonchev–Trinajstić information content (AvgIpc) is 3.00. The Labute approximate surface area is 139 Å². The van der Waals surface area contributed by atoms with Crippen molar-refractivity contribution < 1.29 is 0 Å². The lowest BCUT2D eigenvalue weighted by Gasteiger charge is -2.09. The number of hydrogen-bond donors (Lipinski definition) is 1. The first-order chi connectivity index (χ1) is 11.6.